The van der Waals surface area contributed by atoms with E-state index in [0.29, 0.717) is 53.4 Å². The van der Waals surface area contributed by atoms with Gasteiger partial charge in [0, 0.05) is 46.4 Å². The summed E-state index contributed by atoms with van der Waals surface area (Å²) in [7, 11) is 0. The fraction of sp³-hybridized carbons (Fsp3) is 0.235. The number of nitrogens with one attached hydrogen (secondary N) is 1. The molecule has 234 valence electrons. The van der Waals surface area contributed by atoms with E-state index >= 15 is 4.39 Å². The minimum absolute atomic E-state index is 0.00647. The number of ether oxygens (including phenoxy) is 1. The molecule has 2 aliphatic heterocycles. The standard InChI is InChI=1S/C34H29F2N5O4S/c1-3-29(44)40-7-8-41-26(18(40)2)16-25(39-41)33-31(30-24(36)14-22(35)15-27(30)45-10-9-42)34-23(6-11-46-34)32(38-33)20-5-4-19-13-28(43)37-17-21(19)12-20/h3-6,11-12,14-16,18,42H,1,7-10,13,17H2,2H3,(H,37,43)/t18-/m0/s1. The fourth-order valence-electron chi connectivity index (χ4n) is 6.30. The number of halogens is 2. The van der Waals surface area contributed by atoms with Crippen molar-refractivity contribution in [3.63, 3.8) is 0 Å². The van der Waals surface area contributed by atoms with Gasteiger partial charge in [0.25, 0.3) is 0 Å². The number of aromatic nitrogens is 3. The maximum Gasteiger partial charge on any atom is 0.246 e. The number of hydrogen-bond acceptors (Lipinski definition) is 7. The lowest BCUT2D eigenvalue weighted by atomic mass is 9.93. The van der Waals surface area contributed by atoms with Crippen LogP contribution in [0.15, 0.2) is 60.5 Å². The van der Waals surface area contributed by atoms with Crippen LogP contribution in [-0.2, 0) is 29.1 Å². The molecule has 0 aliphatic carbocycles. The van der Waals surface area contributed by atoms with Gasteiger partial charge < -0.3 is 20.1 Å². The topological polar surface area (TPSA) is 110 Å². The van der Waals surface area contributed by atoms with Gasteiger partial charge in [0.2, 0.25) is 11.8 Å². The van der Waals surface area contributed by atoms with Crippen molar-refractivity contribution in [2.24, 2.45) is 0 Å². The zero-order valence-corrected chi connectivity index (χ0v) is 25.7. The Hall–Kier alpha value is -4.94. The predicted octanol–water partition coefficient (Wildman–Crippen LogP) is 5.40. The second-order valence-corrected chi connectivity index (χ2v) is 12.1. The van der Waals surface area contributed by atoms with Crippen molar-refractivity contribution >= 4 is 33.2 Å². The van der Waals surface area contributed by atoms with Crippen LogP contribution in [0.2, 0.25) is 0 Å². The number of carbonyl (C=O) groups is 2. The third-order valence-corrected chi connectivity index (χ3v) is 9.42. The SMILES string of the molecule is C=CC(=O)N1CCn2nc(-c3nc(-c4ccc5c(c4)CNC(=O)C5)c4ccsc4c3-c3c(F)cc(F)cc3OCCO)cc2[C@@H]1C. The number of aliphatic hydroxyl groups is 1. The third-order valence-electron chi connectivity index (χ3n) is 8.49. The highest BCUT2D eigenvalue weighted by atomic mass is 32.1. The van der Waals surface area contributed by atoms with Crippen LogP contribution in [0.4, 0.5) is 8.78 Å². The average molecular weight is 642 g/mol. The maximum absolute atomic E-state index is 15.9. The van der Waals surface area contributed by atoms with Crippen molar-refractivity contribution in [2.45, 2.75) is 32.5 Å². The highest BCUT2D eigenvalue weighted by Gasteiger charge is 2.31. The summed E-state index contributed by atoms with van der Waals surface area (Å²) in [5, 5.41) is 19.9. The summed E-state index contributed by atoms with van der Waals surface area (Å²) in [6.45, 7) is 6.30. The minimum Gasteiger partial charge on any atom is -0.490 e. The number of fused-ring (bicyclic) bond motifs is 3. The number of aliphatic hydroxyl groups excluding tert-OH is 1. The molecule has 1 atom stereocenters. The van der Waals surface area contributed by atoms with Gasteiger partial charge >= 0.3 is 0 Å². The van der Waals surface area contributed by atoms with E-state index in [4.69, 9.17) is 14.8 Å². The monoisotopic (exact) mass is 641 g/mol. The highest BCUT2D eigenvalue weighted by molar-refractivity contribution is 7.18. The molecule has 5 aromatic rings. The Balaban J connectivity index is 1.49. The molecule has 2 aliphatic rings. The molecule has 0 radical (unpaired) electrons. The van der Waals surface area contributed by atoms with Gasteiger partial charge in [0.05, 0.1) is 42.6 Å². The Morgan fingerprint density at radius 3 is 2.80 bits per heavy atom. The minimum atomic E-state index is -0.844. The highest BCUT2D eigenvalue weighted by Crippen LogP contribution is 2.47. The zero-order chi connectivity index (χ0) is 32.1. The Labute approximate surface area is 266 Å². The van der Waals surface area contributed by atoms with E-state index in [-0.39, 0.29) is 42.4 Å². The average Bonchev–Trinajstić information content (AvgIpc) is 3.71. The number of rotatable bonds is 7. The first-order valence-electron chi connectivity index (χ1n) is 14.8. The molecule has 2 N–H and O–H groups in total. The number of benzene rings is 2. The summed E-state index contributed by atoms with van der Waals surface area (Å²) in [4.78, 5) is 31.4. The molecule has 0 spiro atoms. The molecule has 2 aromatic carbocycles. The molecule has 9 nitrogen and oxygen atoms in total. The second-order valence-electron chi connectivity index (χ2n) is 11.2. The first-order valence-corrected chi connectivity index (χ1v) is 15.7. The number of nitrogens with zero attached hydrogens (tertiary/aromatic N) is 4. The van der Waals surface area contributed by atoms with E-state index in [1.165, 1.54) is 17.4 Å². The number of carbonyl (C=O) groups excluding carboxylic acids is 2. The second kappa shape index (κ2) is 11.8. The van der Waals surface area contributed by atoms with Crippen molar-refractivity contribution in [3.05, 3.63) is 89.0 Å². The van der Waals surface area contributed by atoms with E-state index in [1.807, 2.05) is 47.3 Å². The first kappa shape index (κ1) is 29.8. The van der Waals surface area contributed by atoms with Gasteiger partial charge in [-0.15, -0.1) is 11.3 Å². The van der Waals surface area contributed by atoms with Gasteiger partial charge in [-0.05, 0) is 47.7 Å². The summed E-state index contributed by atoms with van der Waals surface area (Å²) >= 11 is 1.38. The molecule has 0 bridgehead atoms. The smallest absolute Gasteiger partial charge is 0.246 e. The summed E-state index contributed by atoms with van der Waals surface area (Å²) in [6, 6.07) is 11.2. The van der Waals surface area contributed by atoms with Crippen molar-refractivity contribution in [2.75, 3.05) is 19.8 Å². The Bertz CT molecular complexity index is 2060. The van der Waals surface area contributed by atoms with Gasteiger partial charge in [0.15, 0.2) is 0 Å². The lowest BCUT2D eigenvalue weighted by molar-refractivity contribution is -0.129. The molecule has 0 fully saturated rings. The van der Waals surface area contributed by atoms with E-state index in [1.54, 1.807) is 4.90 Å². The third kappa shape index (κ3) is 5.03. The molecule has 3 aromatic heterocycles. The lowest BCUT2D eigenvalue weighted by Gasteiger charge is -2.33. The van der Waals surface area contributed by atoms with Gasteiger partial charge in [-0.1, -0.05) is 18.7 Å². The van der Waals surface area contributed by atoms with E-state index in [2.05, 4.69) is 11.9 Å². The number of amides is 2. The lowest BCUT2D eigenvalue weighted by Crippen LogP contribution is -2.40. The largest absolute Gasteiger partial charge is 0.490 e. The molecule has 2 amide bonds. The first-order chi connectivity index (χ1) is 22.3. The Morgan fingerprint density at radius 1 is 1.15 bits per heavy atom. The molecular weight excluding hydrogens is 612 g/mol. The number of thiophene rings is 1. The van der Waals surface area contributed by atoms with Crippen LogP contribution >= 0.6 is 11.3 Å². The van der Waals surface area contributed by atoms with Crippen LogP contribution in [0.1, 0.15) is 29.8 Å². The van der Waals surface area contributed by atoms with Gasteiger partial charge in [-0.3, -0.25) is 14.3 Å². The van der Waals surface area contributed by atoms with Gasteiger partial charge in [0.1, 0.15) is 35.4 Å². The maximum atomic E-state index is 15.9. The summed E-state index contributed by atoms with van der Waals surface area (Å²) < 4.78 is 38.7. The van der Waals surface area contributed by atoms with Gasteiger partial charge in [-0.2, -0.15) is 5.10 Å². The van der Waals surface area contributed by atoms with Crippen molar-refractivity contribution in [3.8, 4) is 39.5 Å². The van der Waals surface area contributed by atoms with Crippen LogP contribution in [-0.4, -0.2) is 56.3 Å². The number of hydrogen-bond donors (Lipinski definition) is 2. The fourth-order valence-corrected chi connectivity index (χ4v) is 7.25. The predicted molar refractivity (Wildman–Crippen MR) is 170 cm³/mol. The summed E-state index contributed by atoms with van der Waals surface area (Å²) in [5.41, 5.74) is 5.33. The van der Waals surface area contributed by atoms with Crippen LogP contribution in [0.5, 0.6) is 5.75 Å². The quantitative estimate of drug-likeness (QED) is 0.230. The molecular formula is C34H29F2N5O4S. The van der Waals surface area contributed by atoms with Crippen LogP contribution < -0.4 is 10.1 Å². The molecule has 0 unspecified atom stereocenters. The van der Waals surface area contributed by atoms with Crippen LogP contribution in [0.25, 0.3) is 43.9 Å². The number of pyridine rings is 1. The normalized spacial score (nSPS) is 15.8. The van der Waals surface area contributed by atoms with E-state index < -0.39 is 11.6 Å². The van der Waals surface area contributed by atoms with Crippen LogP contribution in [0.3, 0.4) is 0 Å². The van der Waals surface area contributed by atoms with Crippen LogP contribution in [0, 0.1) is 11.6 Å². The molecule has 46 heavy (non-hydrogen) atoms. The van der Waals surface area contributed by atoms with Crippen molar-refractivity contribution < 1.29 is 28.2 Å². The van der Waals surface area contributed by atoms with E-state index in [0.717, 1.165) is 39.9 Å². The van der Waals surface area contributed by atoms with Gasteiger partial charge in [-0.25, -0.2) is 13.8 Å². The molecule has 7 rings (SSSR count). The molecule has 12 heteroatoms. The van der Waals surface area contributed by atoms with E-state index in [9.17, 15) is 19.1 Å². The summed E-state index contributed by atoms with van der Waals surface area (Å²) in [5.74, 6) is -1.95. The molecule has 0 saturated heterocycles. The summed E-state index contributed by atoms with van der Waals surface area (Å²) in [6.07, 6.45) is 1.58. The Kier molecular flexibility index (Phi) is 7.61. The van der Waals surface area contributed by atoms with Crippen molar-refractivity contribution in [1.29, 1.82) is 0 Å². The Morgan fingerprint density at radius 2 is 2.00 bits per heavy atom. The van der Waals surface area contributed by atoms with Crippen molar-refractivity contribution in [1.82, 2.24) is 25.0 Å². The zero-order valence-electron chi connectivity index (χ0n) is 24.8. The molecule has 0 saturated carbocycles. The molecule has 5 heterocycles.